The molecule has 0 bridgehead atoms. The molecule has 0 aliphatic rings. The number of carbonyl (C=O) groups is 1. The van der Waals surface area contributed by atoms with Crippen LogP contribution in [0.5, 0.6) is 0 Å². The van der Waals surface area contributed by atoms with Crippen molar-refractivity contribution >= 4 is 17.2 Å². The Morgan fingerprint density at radius 2 is 2.05 bits per heavy atom. The van der Waals surface area contributed by atoms with Crippen molar-refractivity contribution in [3.63, 3.8) is 0 Å². The van der Waals surface area contributed by atoms with Crippen LogP contribution in [0, 0.1) is 6.92 Å². The van der Waals surface area contributed by atoms with E-state index in [4.69, 9.17) is 5.73 Å². The molecule has 1 amide bonds. The number of aromatic nitrogens is 1. The van der Waals surface area contributed by atoms with Gasteiger partial charge in [-0.05, 0) is 19.4 Å². The van der Waals surface area contributed by atoms with Crippen LogP contribution in [0.3, 0.4) is 0 Å². The molecule has 2 rings (SSSR count). The van der Waals surface area contributed by atoms with E-state index >= 15 is 0 Å². The lowest BCUT2D eigenvalue weighted by Crippen LogP contribution is -2.35. The van der Waals surface area contributed by atoms with E-state index in [1.165, 1.54) is 0 Å². The van der Waals surface area contributed by atoms with Gasteiger partial charge in [0.1, 0.15) is 11.0 Å². The van der Waals surface area contributed by atoms with Gasteiger partial charge in [-0.2, -0.15) is 0 Å². The number of nitrogens with two attached hydrogens (primary N) is 1. The topological polar surface area (TPSA) is 68.0 Å². The van der Waals surface area contributed by atoms with Gasteiger partial charge in [0.05, 0.1) is 6.04 Å². The van der Waals surface area contributed by atoms with Crippen LogP contribution >= 0.6 is 11.3 Å². The minimum absolute atomic E-state index is 0.124. The second-order valence-corrected chi connectivity index (χ2v) is 5.34. The standard InChI is InChI=1S/C14H17N3OS/c1-9-8-19-14(16-9)10(2)17-13(18)12(15)11-6-4-3-5-7-11/h3-8,10,12H,15H2,1-2H3,(H,17,18). The zero-order chi connectivity index (χ0) is 13.8. The molecule has 2 unspecified atom stereocenters. The third kappa shape index (κ3) is 3.39. The molecule has 2 atom stereocenters. The Morgan fingerprint density at radius 1 is 1.37 bits per heavy atom. The summed E-state index contributed by atoms with van der Waals surface area (Å²) in [5, 5.41) is 5.75. The summed E-state index contributed by atoms with van der Waals surface area (Å²) in [5.41, 5.74) is 7.72. The largest absolute Gasteiger partial charge is 0.345 e. The second kappa shape index (κ2) is 5.95. The normalized spacial score (nSPS) is 13.8. The fourth-order valence-electron chi connectivity index (χ4n) is 1.75. The second-order valence-electron chi connectivity index (χ2n) is 4.45. The number of hydrogen-bond donors (Lipinski definition) is 2. The fourth-order valence-corrected chi connectivity index (χ4v) is 2.55. The molecule has 100 valence electrons. The minimum atomic E-state index is -0.648. The predicted octanol–water partition coefficient (Wildman–Crippen LogP) is 2.33. The van der Waals surface area contributed by atoms with Gasteiger partial charge < -0.3 is 11.1 Å². The summed E-state index contributed by atoms with van der Waals surface area (Å²) in [4.78, 5) is 16.4. The molecular weight excluding hydrogens is 258 g/mol. The molecule has 4 nitrogen and oxygen atoms in total. The monoisotopic (exact) mass is 275 g/mol. The Kier molecular flexibility index (Phi) is 4.29. The molecule has 0 spiro atoms. The summed E-state index contributed by atoms with van der Waals surface area (Å²) >= 11 is 1.54. The first-order valence-electron chi connectivity index (χ1n) is 6.11. The van der Waals surface area contributed by atoms with E-state index in [-0.39, 0.29) is 11.9 Å². The minimum Gasteiger partial charge on any atom is -0.345 e. The Bertz CT molecular complexity index is 553. The Balaban J connectivity index is 2.01. The molecule has 1 heterocycles. The van der Waals surface area contributed by atoms with Crippen LogP contribution in [0.1, 0.15) is 35.3 Å². The van der Waals surface area contributed by atoms with Crippen molar-refractivity contribution < 1.29 is 4.79 Å². The average Bonchev–Trinajstić information content (AvgIpc) is 2.85. The summed E-state index contributed by atoms with van der Waals surface area (Å²) in [6, 6.07) is 8.57. The van der Waals surface area contributed by atoms with Crippen LogP contribution in [0.4, 0.5) is 0 Å². The van der Waals surface area contributed by atoms with Gasteiger partial charge in [0.2, 0.25) is 5.91 Å². The SMILES string of the molecule is Cc1csc(C(C)NC(=O)C(N)c2ccccc2)n1. The maximum Gasteiger partial charge on any atom is 0.242 e. The lowest BCUT2D eigenvalue weighted by atomic mass is 10.1. The van der Waals surface area contributed by atoms with Gasteiger partial charge in [-0.25, -0.2) is 4.98 Å². The molecular formula is C14H17N3OS. The molecule has 0 aliphatic heterocycles. The lowest BCUT2D eigenvalue weighted by molar-refractivity contribution is -0.123. The van der Waals surface area contributed by atoms with E-state index in [9.17, 15) is 4.79 Å². The Morgan fingerprint density at radius 3 is 2.63 bits per heavy atom. The Hall–Kier alpha value is -1.72. The lowest BCUT2D eigenvalue weighted by Gasteiger charge is -2.16. The van der Waals surface area contributed by atoms with Crippen LogP contribution in [-0.4, -0.2) is 10.9 Å². The summed E-state index contributed by atoms with van der Waals surface area (Å²) in [6.45, 7) is 3.85. The van der Waals surface area contributed by atoms with E-state index < -0.39 is 6.04 Å². The third-order valence-electron chi connectivity index (χ3n) is 2.81. The van der Waals surface area contributed by atoms with Crippen LogP contribution in [0.2, 0.25) is 0 Å². The van der Waals surface area contributed by atoms with Crippen LogP contribution in [0.25, 0.3) is 0 Å². The van der Waals surface area contributed by atoms with Gasteiger partial charge in [-0.1, -0.05) is 30.3 Å². The van der Waals surface area contributed by atoms with Crippen molar-refractivity contribution in [3.05, 3.63) is 52.0 Å². The summed E-state index contributed by atoms with van der Waals surface area (Å²) in [5.74, 6) is -0.188. The van der Waals surface area contributed by atoms with Gasteiger partial charge in [-0.3, -0.25) is 4.79 Å². The highest BCUT2D eigenvalue weighted by molar-refractivity contribution is 7.09. The Labute approximate surface area is 116 Å². The number of aryl methyl sites for hydroxylation is 1. The molecule has 0 fully saturated rings. The fraction of sp³-hybridized carbons (Fsp3) is 0.286. The average molecular weight is 275 g/mol. The zero-order valence-corrected chi connectivity index (χ0v) is 11.8. The summed E-state index contributed by atoms with van der Waals surface area (Å²) in [6.07, 6.45) is 0. The number of rotatable bonds is 4. The van der Waals surface area contributed by atoms with Crippen molar-refractivity contribution in [2.45, 2.75) is 25.9 Å². The van der Waals surface area contributed by atoms with Gasteiger partial charge in [0.15, 0.2) is 0 Å². The summed E-state index contributed by atoms with van der Waals surface area (Å²) in [7, 11) is 0. The quantitative estimate of drug-likeness (QED) is 0.900. The molecule has 5 heteroatoms. The molecule has 2 aromatic rings. The third-order valence-corrected chi connectivity index (χ3v) is 3.95. The number of nitrogens with zero attached hydrogens (tertiary/aromatic N) is 1. The molecule has 0 saturated carbocycles. The first kappa shape index (κ1) is 13.7. The molecule has 3 N–H and O–H groups in total. The van der Waals surface area contributed by atoms with Gasteiger partial charge in [0, 0.05) is 11.1 Å². The van der Waals surface area contributed by atoms with Crippen molar-refractivity contribution in [2.75, 3.05) is 0 Å². The highest BCUT2D eigenvalue weighted by Crippen LogP contribution is 2.18. The van der Waals surface area contributed by atoms with E-state index in [2.05, 4.69) is 10.3 Å². The number of benzene rings is 1. The van der Waals surface area contributed by atoms with Gasteiger partial charge in [0.25, 0.3) is 0 Å². The number of carbonyl (C=O) groups excluding carboxylic acids is 1. The maximum absolute atomic E-state index is 12.1. The number of hydrogen-bond acceptors (Lipinski definition) is 4. The highest BCUT2D eigenvalue weighted by Gasteiger charge is 2.19. The molecule has 0 aliphatic carbocycles. The van der Waals surface area contributed by atoms with E-state index in [1.807, 2.05) is 49.6 Å². The predicted molar refractivity (Wildman–Crippen MR) is 76.8 cm³/mol. The first-order valence-corrected chi connectivity index (χ1v) is 6.99. The van der Waals surface area contributed by atoms with Crippen molar-refractivity contribution in [2.24, 2.45) is 5.73 Å². The zero-order valence-electron chi connectivity index (χ0n) is 11.0. The van der Waals surface area contributed by atoms with E-state index in [0.29, 0.717) is 0 Å². The van der Waals surface area contributed by atoms with E-state index in [0.717, 1.165) is 16.3 Å². The number of amides is 1. The van der Waals surface area contributed by atoms with Gasteiger partial charge in [-0.15, -0.1) is 11.3 Å². The molecule has 0 radical (unpaired) electrons. The van der Waals surface area contributed by atoms with Gasteiger partial charge >= 0.3 is 0 Å². The maximum atomic E-state index is 12.1. The molecule has 1 aromatic carbocycles. The molecule has 1 aromatic heterocycles. The summed E-state index contributed by atoms with van der Waals surface area (Å²) < 4.78 is 0. The number of nitrogens with one attached hydrogen (secondary N) is 1. The molecule has 0 saturated heterocycles. The van der Waals surface area contributed by atoms with Crippen LogP contribution in [0.15, 0.2) is 35.7 Å². The van der Waals surface area contributed by atoms with Crippen molar-refractivity contribution in [1.29, 1.82) is 0 Å². The van der Waals surface area contributed by atoms with Crippen LogP contribution in [-0.2, 0) is 4.79 Å². The van der Waals surface area contributed by atoms with E-state index in [1.54, 1.807) is 11.3 Å². The van der Waals surface area contributed by atoms with Crippen molar-refractivity contribution in [3.8, 4) is 0 Å². The van der Waals surface area contributed by atoms with Crippen LogP contribution < -0.4 is 11.1 Å². The number of thiazole rings is 1. The molecule has 19 heavy (non-hydrogen) atoms. The first-order chi connectivity index (χ1) is 9.08. The van der Waals surface area contributed by atoms with Crippen molar-refractivity contribution in [1.82, 2.24) is 10.3 Å². The smallest absolute Gasteiger partial charge is 0.242 e. The highest BCUT2D eigenvalue weighted by atomic mass is 32.1.